The van der Waals surface area contributed by atoms with E-state index in [0.717, 1.165) is 25.7 Å². The second-order valence-electron chi connectivity index (χ2n) is 5.00. The monoisotopic (exact) mass is 264 g/mol. The van der Waals surface area contributed by atoms with Crippen LogP contribution in [0.15, 0.2) is 22.8 Å². The van der Waals surface area contributed by atoms with E-state index in [-0.39, 0.29) is 5.41 Å². The molecule has 3 aliphatic carbocycles. The molecule has 1 atom stereocenters. The van der Waals surface area contributed by atoms with Gasteiger partial charge >= 0.3 is 0 Å². The minimum absolute atomic E-state index is 0.243. The van der Waals surface area contributed by atoms with E-state index < -0.39 is 3.79 Å². The second-order valence-corrected chi connectivity index (χ2v) is 7.28. The van der Waals surface area contributed by atoms with Gasteiger partial charge in [-0.05, 0) is 32.6 Å². The minimum atomic E-state index is -1.17. The van der Waals surface area contributed by atoms with E-state index in [0.29, 0.717) is 0 Å². The Morgan fingerprint density at radius 2 is 1.87 bits per heavy atom. The predicted molar refractivity (Wildman–Crippen MR) is 67.6 cm³/mol. The number of rotatable bonds is 0. The van der Waals surface area contributed by atoms with Gasteiger partial charge in [0.15, 0.2) is 3.79 Å². The summed E-state index contributed by atoms with van der Waals surface area (Å²) in [4.78, 5) is 0. The number of allylic oxidation sites excluding steroid dienone is 4. The Morgan fingerprint density at radius 3 is 2.40 bits per heavy atom. The Labute approximate surface area is 106 Å². The van der Waals surface area contributed by atoms with Crippen molar-refractivity contribution in [1.82, 2.24) is 0 Å². The van der Waals surface area contributed by atoms with E-state index in [4.69, 9.17) is 34.8 Å². The molecule has 2 bridgehead atoms. The predicted octanol–water partition coefficient (Wildman–Crippen LogP) is 5.19. The van der Waals surface area contributed by atoms with Gasteiger partial charge < -0.3 is 0 Å². The molecule has 1 fully saturated rings. The summed E-state index contributed by atoms with van der Waals surface area (Å²) < 4.78 is -1.17. The Bertz CT molecular complexity index is 346. The van der Waals surface area contributed by atoms with Crippen LogP contribution in [0.5, 0.6) is 0 Å². The van der Waals surface area contributed by atoms with Crippen LogP contribution in [0.3, 0.4) is 0 Å². The van der Waals surface area contributed by atoms with Crippen LogP contribution in [-0.4, -0.2) is 3.79 Å². The maximum atomic E-state index is 6.11. The van der Waals surface area contributed by atoms with Gasteiger partial charge in [0.1, 0.15) is 0 Å². The Balaban J connectivity index is 2.40. The average Bonchev–Trinajstić information content (AvgIpc) is 2.30. The molecular formula is C12H15Cl3. The molecule has 0 heterocycles. The number of halogens is 3. The summed E-state index contributed by atoms with van der Waals surface area (Å²) in [6, 6.07) is 0. The van der Waals surface area contributed by atoms with Gasteiger partial charge in [-0.3, -0.25) is 0 Å². The lowest BCUT2D eigenvalue weighted by molar-refractivity contribution is 0.331. The summed E-state index contributed by atoms with van der Waals surface area (Å²) in [5.74, 6) is 0. The van der Waals surface area contributed by atoms with Crippen molar-refractivity contribution in [3.05, 3.63) is 22.8 Å². The lowest BCUT2D eigenvalue weighted by Gasteiger charge is -2.35. The van der Waals surface area contributed by atoms with Crippen molar-refractivity contribution in [3.63, 3.8) is 0 Å². The maximum absolute atomic E-state index is 6.11. The van der Waals surface area contributed by atoms with Crippen molar-refractivity contribution in [1.29, 1.82) is 0 Å². The summed E-state index contributed by atoms with van der Waals surface area (Å²) in [6.07, 6.45) is 6.39. The molecule has 3 heteroatoms. The lowest BCUT2D eigenvalue weighted by Crippen LogP contribution is -2.32. The summed E-state index contributed by atoms with van der Waals surface area (Å²) in [5, 5.41) is 0. The van der Waals surface area contributed by atoms with Crippen LogP contribution >= 0.6 is 34.8 Å². The van der Waals surface area contributed by atoms with Crippen LogP contribution in [0, 0.1) is 5.41 Å². The zero-order valence-corrected chi connectivity index (χ0v) is 11.3. The van der Waals surface area contributed by atoms with Gasteiger partial charge in [0.05, 0.1) is 0 Å². The molecule has 3 aliphatic rings. The SMILES string of the molecule is CC1=C2CCC(=C1)CC(C)(C(Cl)(Cl)Cl)C2. The highest BCUT2D eigenvalue weighted by Crippen LogP contribution is 2.56. The van der Waals surface area contributed by atoms with Crippen molar-refractivity contribution in [2.45, 2.75) is 43.3 Å². The fraction of sp³-hybridized carbons (Fsp3) is 0.667. The molecular weight excluding hydrogens is 250 g/mol. The topological polar surface area (TPSA) is 0 Å². The van der Waals surface area contributed by atoms with Crippen LogP contribution < -0.4 is 0 Å². The van der Waals surface area contributed by atoms with Crippen LogP contribution in [0.25, 0.3) is 0 Å². The molecule has 0 radical (unpaired) electrons. The van der Waals surface area contributed by atoms with Crippen molar-refractivity contribution in [2.24, 2.45) is 5.41 Å². The molecule has 3 rings (SSSR count). The zero-order chi connectivity index (χ0) is 11.3. The minimum Gasteiger partial charge on any atom is -0.0830 e. The fourth-order valence-electron chi connectivity index (χ4n) is 2.59. The first-order valence-corrected chi connectivity index (χ1v) is 6.40. The third-order valence-electron chi connectivity index (χ3n) is 3.63. The molecule has 0 aromatic heterocycles. The van der Waals surface area contributed by atoms with Crippen molar-refractivity contribution in [2.75, 3.05) is 0 Å². The molecule has 15 heavy (non-hydrogen) atoms. The molecule has 1 unspecified atom stereocenters. The van der Waals surface area contributed by atoms with E-state index in [2.05, 4.69) is 19.9 Å². The van der Waals surface area contributed by atoms with Gasteiger partial charge in [-0.1, -0.05) is 64.5 Å². The first kappa shape index (κ1) is 11.8. The maximum Gasteiger partial charge on any atom is 0.196 e. The molecule has 0 spiro atoms. The van der Waals surface area contributed by atoms with E-state index in [1.54, 1.807) is 0 Å². The van der Waals surface area contributed by atoms with Gasteiger partial charge in [-0.15, -0.1) is 0 Å². The number of hydrogen-bond donors (Lipinski definition) is 0. The highest BCUT2D eigenvalue weighted by molar-refractivity contribution is 6.68. The van der Waals surface area contributed by atoms with E-state index in [1.807, 2.05) is 0 Å². The molecule has 0 amide bonds. The van der Waals surface area contributed by atoms with Crippen molar-refractivity contribution >= 4 is 34.8 Å². The quantitative estimate of drug-likeness (QED) is 0.529. The van der Waals surface area contributed by atoms with Crippen LogP contribution in [-0.2, 0) is 0 Å². The van der Waals surface area contributed by atoms with Crippen LogP contribution in [0.4, 0.5) is 0 Å². The number of alkyl halides is 3. The smallest absolute Gasteiger partial charge is 0.0830 e. The lowest BCUT2D eigenvalue weighted by atomic mass is 9.82. The van der Waals surface area contributed by atoms with Gasteiger partial charge in [0.2, 0.25) is 0 Å². The van der Waals surface area contributed by atoms with Crippen LogP contribution in [0.1, 0.15) is 39.5 Å². The van der Waals surface area contributed by atoms with Gasteiger partial charge in [0, 0.05) is 5.41 Å². The molecule has 0 N–H and O–H groups in total. The standard InChI is InChI=1S/C12H15Cl3/c1-8-5-9-3-4-10(8)7-11(2,6-9)12(13,14)15/h5H,3-4,6-7H2,1-2H3. The van der Waals surface area contributed by atoms with E-state index >= 15 is 0 Å². The average molecular weight is 266 g/mol. The van der Waals surface area contributed by atoms with Gasteiger partial charge in [0.25, 0.3) is 0 Å². The van der Waals surface area contributed by atoms with E-state index in [9.17, 15) is 0 Å². The Kier molecular flexibility index (Phi) is 2.90. The Hall–Kier alpha value is 0.350. The molecule has 0 saturated heterocycles. The normalized spacial score (nSPS) is 31.7. The second kappa shape index (κ2) is 3.68. The first-order valence-electron chi connectivity index (χ1n) is 5.27. The zero-order valence-electron chi connectivity index (χ0n) is 9.04. The highest BCUT2D eigenvalue weighted by Gasteiger charge is 2.47. The van der Waals surface area contributed by atoms with Gasteiger partial charge in [-0.25, -0.2) is 0 Å². The van der Waals surface area contributed by atoms with Gasteiger partial charge in [-0.2, -0.15) is 0 Å². The molecule has 0 aliphatic heterocycles. The molecule has 0 nitrogen and oxygen atoms in total. The largest absolute Gasteiger partial charge is 0.196 e. The number of fused-ring (bicyclic) bond motifs is 4. The third-order valence-corrected chi connectivity index (χ3v) is 5.00. The molecule has 84 valence electrons. The summed E-state index contributed by atoms with van der Waals surface area (Å²) in [6.45, 7) is 4.25. The third kappa shape index (κ3) is 2.09. The van der Waals surface area contributed by atoms with Crippen LogP contribution in [0.2, 0.25) is 0 Å². The summed E-state index contributed by atoms with van der Waals surface area (Å²) >= 11 is 18.3. The first-order chi connectivity index (χ1) is 6.82. The fourth-order valence-corrected chi connectivity index (χ4v) is 2.99. The number of hydrogen-bond acceptors (Lipinski definition) is 0. The Morgan fingerprint density at radius 1 is 1.20 bits per heavy atom. The molecule has 0 aromatic rings. The summed E-state index contributed by atoms with van der Waals surface area (Å²) in [5.41, 5.74) is 4.04. The van der Waals surface area contributed by atoms with Crippen molar-refractivity contribution in [3.8, 4) is 0 Å². The molecule has 0 aromatic carbocycles. The van der Waals surface area contributed by atoms with E-state index in [1.165, 1.54) is 16.7 Å². The highest BCUT2D eigenvalue weighted by atomic mass is 35.6. The van der Waals surface area contributed by atoms with Crippen molar-refractivity contribution < 1.29 is 0 Å². The summed E-state index contributed by atoms with van der Waals surface area (Å²) in [7, 11) is 0. The molecule has 1 saturated carbocycles.